The van der Waals surface area contributed by atoms with Gasteiger partial charge in [0, 0.05) is 17.0 Å². The van der Waals surface area contributed by atoms with Gasteiger partial charge in [0.15, 0.2) is 11.5 Å². The summed E-state index contributed by atoms with van der Waals surface area (Å²) in [6.45, 7) is 2.06. The maximum atomic E-state index is 4.36. The number of rotatable bonds is 2. The molecule has 13 heavy (non-hydrogen) atoms. The maximum absolute atomic E-state index is 4.36. The van der Waals surface area contributed by atoms with Gasteiger partial charge in [-0.3, -0.25) is 0 Å². The number of pyridine rings is 1. The van der Waals surface area contributed by atoms with Gasteiger partial charge in [0.1, 0.15) is 0 Å². The first-order valence-electron chi connectivity index (χ1n) is 4.23. The molecule has 0 bridgehead atoms. The highest BCUT2D eigenvalue weighted by molar-refractivity contribution is 14.1. The topological polar surface area (TPSA) is 30.2 Å². The number of fused-ring (bicyclic) bond motifs is 1. The number of alkyl halides is 1. The van der Waals surface area contributed by atoms with E-state index in [0.717, 1.165) is 22.3 Å². The van der Waals surface area contributed by atoms with Crippen molar-refractivity contribution in [1.82, 2.24) is 14.6 Å². The zero-order valence-corrected chi connectivity index (χ0v) is 9.52. The molecule has 0 aliphatic carbocycles. The van der Waals surface area contributed by atoms with E-state index in [4.69, 9.17) is 0 Å². The number of aryl methyl sites for hydroxylation is 1. The van der Waals surface area contributed by atoms with Crippen LogP contribution in [-0.2, 0) is 10.8 Å². The summed E-state index contributed by atoms with van der Waals surface area (Å²) in [5.74, 6) is 0.908. The number of halogens is 1. The van der Waals surface area contributed by atoms with Crippen LogP contribution < -0.4 is 0 Å². The Hall–Kier alpha value is -0.650. The van der Waals surface area contributed by atoms with Gasteiger partial charge in [0.2, 0.25) is 0 Å². The highest BCUT2D eigenvalue weighted by Gasteiger charge is 2.00. The molecular formula is C9H10IN3. The quantitative estimate of drug-likeness (QED) is 0.626. The molecule has 0 N–H and O–H groups in total. The predicted molar refractivity (Wildman–Crippen MR) is 60.1 cm³/mol. The van der Waals surface area contributed by atoms with Crippen molar-refractivity contribution in [2.45, 2.75) is 17.8 Å². The predicted octanol–water partition coefficient (Wildman–Crippen LogP) is 2.23. The zero-order valence-electron chi connectivity index (χ0n) is 7.37. The monoisotopic (exact) mass is 287 g/mol. The Balaban J connectivity index is 2.57. The first kappa shape index (κ1) is 8.93. The van der Waals surface area contributed by atoms with Gasteiger partial charge >= 0.3 is 0 Å². The highest BCUT2D eigenvalue weighted by atomic mass is 127. The van der Waals surface area contributed by atoms with Gasteiger partial charge in [-0.25, -0.2) is 9.50 Å². The van der Waals surface area contributed by atoms with E-state index in [-0.39, 0.29) is 0 Å². The number of nitrogens with zero attached hydrogens (tertiary/aromatic N) is 3. The van der Waals surface area contributed by atoms with Crippen LogP contribution in [0.15, 0.2) is 18.3 Å². The SMILES string of the molecule is CCc1nc2ccc(CI)cn2n1. The highest BCUT2D eigenvalue weighted by Crippen LogP contribution is 2.08. The fourth-order valence-corrected chi connectivity index (χ4v) is 1.65. The molecule has 0 radical (unpaired) electrons. The van der Waals surface area contributed by atoms with Gasteiger partial charge in [0.05, 0.1) is 0 Å². The van der Waals surface area contributed by atoms with E-state index in [9.17, 15) is 0 Å². The second-order valence-electron chi connectivity index (χ2n) is 2.86. The van der Waals surface area contributed by atoms with Crippen molar-refractivity contribution in [1.29, 1.82) is 0 Å². The van der Waals surface area contributed by atoms with Crippen LogP contribution in [0.3, 0.4) is 0 Å². The average Bonchev–Trinajstić information content (AvgIpc) is 2.58. The summed E-state index contributed by atoms with van der Waals surface area (Å²) in [6.07, 6.45) is 2.93. The van der Waals surface area contributed by atoms with E-state index >= 15 is 0 Å². The Morgan fingerprint density at radius 3 is 3.00 bits per heavy atom. The zero-order chi connectivity index (χ0) is 9.26. The van der Waals surface area contributed by atoms with Crippen LogP contribution >= 0.6 is 22.6 Å². The molecule has 2 aromatic rings. The van der Waals surface area contributed by atoms with Gasteiger partial charge < -0.3 is 0 Å². The Morgan fingerprint density at radius 2 is 2.31 bits per heavy atom. The van der Waals surface area contributed by atoms with E-state index in [1.165, 1.54) is 5.56 Å². The van der Waals surface area contributed by atoms with E-state index < -0.39 is 0 Å². The third kappa shape index (κ3) is 1.67. The molecule has 3 nitrogen and oxygen atoms in total. The first-order chi connectivity index (χ1) is 6.33. The van der Waals surface area contributed by atoms with Crippen LogP contribution in [-0.4, -0.2) is 14.6 Å². The molecule has 0 amide bonds. The minimum absolute atomic E-state index is 0.890. The standard InChI is InChI=1S/C9H10IN3/c1-2-8-11-9-4-3-7(5-10)6-13(9)12-8/h3-4,6H,2,5H2,1H3. The van der Waals surface area contributed by atoms with Crippen molar-refractivity contribution < 1.29 is 0 Å². The fourth-order valence-electron chi connectivity index (χ4n) is 1.20. The van der Waals surface area contributed by atoms with E-state index in [1.54, 1.807) is 0 Å². The van der Waals surface area contributed by atoms with Crippen LogP contribution in [0.1, 0.15) is 18.3 Å². The van der Waals surface area contributed by atoms with E-state index in [2.05, 4.69) is 45.7 Å². The number of hydrogen-bond acceptors (Lipinski definition) is 2. The average molecular weight is 287 g/mol. The summed E-state index contributed by atoms with van der Waals surface area (Å²) in [4.78, 5) is 4.36. The molecule has 68 valence electrons. The van der Waals surface area contributed by atoms with Crippen molar-refractivity contribution in [2.24, 2.45) is 0 Å². The lowest BCUT2D eigenvalue weighted by atomic mass is 10.3. The number of aromatic nitrogens is 3. The van der Waals surface area contributed by atoms with Gasteiger partial charge in [-0.1, -0.05) is 35.6 Å². The number of hydrogen-bond donors (Lipinski definition) is 0. The summed E-state index contributed by atoms with van der Waals surface area (Å²) in [7, 11) is 0. The van der Waals surface area contributed by atoms with Crippen molar-refractivity contribution in [2.75, 3.05) is 0 Å². The third-order valence-corrected chi connectivity index (χ3v) is 2.79. The Bertz CT molecular complexity index is 420. The molecule has 2 heterocycles. The minimum atomic E-state index is 0.890. The Labute approximate surface area is 90.3 Å². The summed E-state index contributed by atoms with van der Waals surface area (Å²) in [5.41, 5.74) is 2.21. The molecule has 2 aromatic heterocycles. The van der Waals surface area contributed by atoms with Crippen LogP contribution in [0.2, 0.25) is 0 Å². The molecule has 4 heteroatoms. The third-order valence-electron chi connectivity index (χ3n) is 1.91. The summed E-state index contributed by atoms with van der Waals surface area (Å²) < 4.78 is 2.86. The molecule has 2 rings (SSSR count). The molecule has 0 saturated heterocycles. The molecule has 0 spiro atoms. The maximum Gasteiger partial charge on any atom is 0.155 e. The minimum Gasteiger partial charge on any atom is -0.221 e. The van der Waals surface area contributed by atoms with Gasteiger partial charge in [-0.2, -0.15) is 5.10 Å². The Morgan fingerprint density at radius 1 is 1.46 bits per heavy atom. The molecular weight excluding hydrogens is 277 g/mol. The van der Waals surface area contributed by atoms with Gasteiger partial charge in [0.25, 0.3) is 0 Å². The van der Waals surface area contributed by atoms with Gasteiger partial charge in [-0.15, -0.1) is 0 Å². The molecule has 0 unspecified atom stereocenters. The van der Waals surface area contributed by atoms with Crippen LogP contribution in [0, 0.1) is 0 Å². The fraction of sp³-hybridized carbons (Fsp3) is 0.333. The van der Waals surface area contributed by atoms with E-state index in [0.29, 0.717) is 0 Å². The second kappa shape index (κ2) is 3.61. The molecule has 0 atom stereocenters. The Kier molecular flexibility index (Phi) is 2.48. The summed E-state index contributed by atoms with van der Waals surface area (Å²) >= 11 is 2.34. The molecule has 0 fully saturated rings. The normalized spacial score (nSPS) is 10.9. The van der Waals surface area contributed by atoms with Crippen molar-refractivity contribution in [3.63, 3.8) is 0 Å². The lowest BCUT2D eigenvalue weighted by Crippen LogP contribution is -1.89. The van der Waals surface area contributed by atoms with E-state index in [1.807, 2.05) is 16.8 Å². The molecule has 0 saturated carbocycles. The largest absolute Gasteiger partial charge is 0.221 e. The lowest BCUT2D eigenvalue weighted by Gasteiger charge is -1.94. The van der Waals surface area contributed by atoms with Crippen molar-refractivity contribution in [3.8, 4) is 0 Å². The van der Waals surface area contributed by atoms with Crippen LogP contribution in [0.5, 0.6) is 0 Å². The lowest BCUT2D eigenvalue weighted by molar-refractivity contribution is 0.881. The smallest absolute Gasteiger partial charge is 0.155 e. The molecule has 0 aliphatic heterocycles. The van der Waals surface area contributed by atoms with Crippen LogP contribution in [0.4, 0.5) is 0 Å². The molecule has 0 aromatic carbocycles. The van der Waals surface area contributed by atoms with Crippen molar-refractivity contribution >= 4 is 28.2 Å². The van der Waals surface area contributed by atoms with Crippen molar-refractivity contribution in [3.05, 3.63) is 29.7 Å². The summed E-state index contributed by atoms with van der Waals surface area (Å²) in [6, 6.07) is 4.11. The van der Waals surface area contributed by atoms with Crippen LogP contribution in [0.25, 0.3) is 5.65 Å². The second-order valence-corrected chi connectivity index (χ2v) is 3.62. The summed E-state index contributed by atoms with van der Waals surface area (Å²) in [5, 5.41) is 4.34. The first-order valence-corrected chi connectivity index (χ1v) is 5.76. The van der Waals surface area contributed by atoms with Gasteiger partial charge in [-0.05, 0) is 11.6 Å². The molecule has 0 aliphatic rings.